The zero-order chi connectivity index (χ0) is 26.4. The lowest BCUT2D eigenvalue weighted by atomic mass is 10.0. The first-order valence-corrected chi connectivity index (χ1v) is 12.1. The molecule has 0 atom stereocenters. The second-order valence-corrected chi connectivity index (χ2v) is 8.74. The summed E-state index contributed by atoms with van der Waals surface area (Å²) in [5.41, 5.74) is 5.47. The number of nitrogens with one attached hydrogen (secondary N) is 1. The summed E-state index contributed by atoms with van der Waals surface area (Å²) in [6.07, 6.45) is 0.876. The zero-order valence-electron chi connectivity index (χ0n) is 21.5. The zero-order valence-corrected chi connectivity index (χ0v) is 21.5. The van der Waals surface area contributed by atoms with E-state index in [1.165, 1.54) is 10.7 Å². The van der Waals surface area contributed by atoms with Crippen molar-refractivity contribution in [3.8, 4) is 17.0 Å². The predicted octanol–water partition coefficient (Wildman–Crippen LogP) is 5.32. The van der Waals surface area contributed by atoms with Gasteiger partial charge in [0.25, 0.3) is 11.5 Å². The number of ether oxygens (including phenoxy) is 1. The molecule has 0 saturated carbocycles. The van der Waals surface area contributed by atoms with E-state index >= 15 is 0 Å². The molecular formula is C30H30N4O3. The van der Waals surface area contributed by atoms with Crippen molar-refractivity contribution in [2.24, 2.45) is 4.99 Å². The Morgan fingerprint density at radius 3 is 2.57 bits per heavy atom. The molecule has 0 fully saturated rings. The van der Waals surface area contributed by atoms with Gasteiger partial charge in [-0.15, -0.1) is 0 Å². The summed E-state index contributed by atoms with van der Waals surface area (Å²) in [6.45, 7) is 6.03. The molecule has 0 saturated heterocycles. The van der Waals surface area contributed by atoms with Crippen molar-refractivity contribution in [2.45, 2.75) is 33.7 Å². The molecule has 7 heteroatoms. The van der Waals surface area contributed by atoms with E-state index in [1.54, 1.807) is 38.3 Å². The van der Waals surface area contributed by atoms with Crippen molar-refractivity contribution < 1.29 is 9.53 Å². The summed E-state index contributed by atoms with van der Waals surface area (Å²) in [5.74, 6) is 0.918. The number of aliphatic imine (C=N–C) groups is 1. The number of amidine groups is 1. The van der Waals surface area contributed by atoms with Crippen molar-refractivity contribution >= 4 is 17.4 Å². The number of hydrogen-bond donors (Lipinski definition) is 1. The predicted molar refractivity (Wildman–Crippen MR) is 147 cm³/mol. The first-order valence-electron chi connectivity index (χ1n) is 12.1. The van der Waals surface area contributed by atoms with E-state index in [2.05, 4.69) is 22.3 Å². The highest BCUT2D eigenvalue weighted by atomic mass is 16.5. The van der Waals surface area contributed by atoms with E-state index in [9.17, 15) is 9.59 Å². The van der Waals surface area contributed by atoms with E-state index in [0.29, 0.717) is 22.8 Å². The van der Waals surface area contributed by atoms with Crippen LogP contribution in [0.15, 0.2) is 88.6 Å². The van der Waals surface area contributed by atoms with Gasteiger partial charge in [0.2, 0.25) is 0 Å². The third kappa shape index (κ3) is 6.19. The first kappa shape index (κ1) is 25.6. The maximum atomic E-state index is 12.9. The fourth-order valence-electron chi connectivity index (χ4n) is 4.00. The van der Waals surface area contributed by atoms with Crippen LogP contribution in [0.2, 0.25) is 0 Å². The van der Waals surface area contributed by atoms with E-state index in [4.69, 9.17) is 4.74 Å². The number of benzene rings is 3. The molecule has 1 aromatic heterocycles. The fourth-order valence-corrected chi connectivity index (χ4v) is 4.00. The summed E-state index contributed by atoms with van der Waals surface area (Å²) < 4.78 is 6.92. The number of carbonyl (C=O) groups is 1. The van der Waals surface area contributed by atoms with Gasteiger partial charge in [-0.3, -0.25) is 9.59 Å². The summed E-state index contributed by atoms with van der Waals surface area (Å²) >= 11 is 0. The molecule has 0 unspecified atom stereocenters. The monoisotopic (exact) mass is 494 g/mol. The average Bonchev–Trinajstić information content (AvgIpc) is 2.91. The lowest BCUT2D eigenvalue weighted by molar-refractivity contribution is 0.0976. The molecule has 4 rings (SSSR count). The van der Waals surface area contributed by atoms with Gasteiger partial charge in [0.1, 0.15) is 11.6 Å². The maximum Gasteiger partial charge on any atom is 0.267 e. The Kier molecular flexibility index (Phi) is 7.93. The minimum absolute atomic E-state index is 0.222. The molecule has 1 heterocycles. The standard InChI is InChI=1S/C30H30N4O3/c1-5-22-13-15-28(37-4)25(18-22)27-14-16-29(35)34(33-27)19-23-10-8-11-24(17-23)30(36)32-21(3)31-26-12-7-6-9-20(26)2/h6-18H,5,19H2,1-4H3,(H,31,32,36). The average molecular weight is 495 g/mol. The molecule has 0 aliphatic carbocycles. The van der Waals surface area contributed by atoms with Crippen LogP contribution in [0.25, 0.3) is 11.3 Å². The van der Waals surface area contributed by atoms with Gasteiger partial charge in [-0.2, -0.15) is 5.10 Å². The van der Waals surface area contributed by atoms with Crippen LogP contribution in [0.5, 0.6) is 5.75 Å². The van der Waals surface area contributed by atoms with Crippen LogP contribution in [0.3, 0.4) is 0 Å². The lowest BCUT2D eigenvalue weighted by Gasteiger charge is -2.12. The second kappa shape index (κ2) is 11.5. The molecule has 188 valence electrons. The van der Waals surface area contributed by atoms with Crippen LogP contribution in [0.4, 0.5) is 5.69 Å². The first-order chi connectivity index (χ1) is 17.9. The second-order valence-electron chi connectivity index (χ2n) is 8.74. The number of carbonyl (C=O) groups excluding carboxylic acids is 1. The van der Waals surface area contributed by atoms with Crippen LogP contribution in [-0.4, -0.2) is 28.6 Å². The van der Waals surface area contributed by atoms with Crippen LogP contribution in [0.1, 0.15) is 40.9 Å². The number of nitrogens with zero attached hydrogens (tertiary/aromatic N) is 3. The fraction of sp³-hybridized carbons (Fsp3) is 0.200. The number of amides is 1. The minimum Gasteiger partial charge on any atom is -0.496 e. The summed E-state index contributed by atoms with van der Waals surface area (Å²) in [4.78, 5) is 30.0. The number of rotatable bonds is 7. The highest BCUT2D eigenvalue weighted by Crippen LogP contribution is 2.29. The Bertz CT molecular complexity index is 1520. The Balaban J connectivity index is 1.56. The molecule has 4 aromatic rings. The van der Waals surface area contributed by atoms with Gasteiger partial charge >= 0.3 is 0 Å². The molecule has 7 nitrogen and oxygen atoms in total. The molecule has 0 aliphatic rings. The van der Waals surface area contributed by atoms with Gasteiger partial charge < -0.3 is 10.1 Å². The molecule has 0 bridgehead atoms. The molecule has 0 aliphatic heterocycles. The maximum absolute atomic E-state index is 12.9. The third-order valence-electron chi connectivity index (χ3n) is 6.03. The number of aromatic nitrogens is 2. The minimum atomic E-state index is -0.271. The van der Waals surface area contributed by atoms with E-state index in [0.717, 1.165) is 34.4 Å². The van der Waals surface area contributed by atoms with Crippen LogP contribution < -0.4 is 15.6 Å². The highest BCUT2D eigenvalue weighted by Gasteiger charge is 2.12. The Hall–Kier alpha value is -4.52. The SMILES string of the molecule is CCc1ccc(OC)c(-c2ccc(=O)n(Cc3cccc(C(=O)NC(C)=Nc4ccccc4C)c3)n2)c1. The van der Waals surface area contributed by atoms with Gasteiger partial charge in [-0.1, -0.05) is 43.3 Å². The molecule has 0 spiro atoms. The number of aryl methyl sites for hydroxylation is 2. The van der Waals surface area contributed by atoms with Crippen molar-refractivity contribution in [1.82, 2.24) is 15.1 Å². The Labute approximate surface area is 216 Å². The number of methoxy groups -OCH3 is 1. The molecule has 3 aromatic carbocycles. The third-order valence-corrected chi connectivity index (χ3v) is 6.03. The lowest BCUT2D eigenvalue weighted by Crippen LogP contribution is -2.28. The summed E-state index contributed by atoms with van der Waals surface area (Å²) in [6, 6.07) is 24.0. The van der Waals surface area contributed by atoms with Crippen LogP contribution in [-0.2, 0) is 13.0 Å². The van der Waals surface area contributed by atoms with Crippen molar-refractivity contribution in [2.75, 3.05) is 7.11 Å². The quantitative estimate of drug-likeness (QED) is 0.278. The van der Waals surface area contributed by atoms with Gasteiger partial charge in [0.15, 0.2) is 0 Å². The molecule has 37 heavy (non-hydrogen) atoms. The van der Waals surface area contributed by atoms with Crippen molar-refractivity contribution in [3.05, 3.63) is 111 Å². The van der Waals surface area contributed by atoms with Crippen molar-refractivity contribution in [1.29, 1.82) is 0 Å². The highest BCUT2D eigenvalue weighted by molar-refractivity contribution is 6.06. The molecule has 1 amide bonds. The van der Waals surface area contributed by atoms with Gasteiger partial charge in [0.05, 0.1) is 25.0 Å². The Morgan fingerprint density at radius 2 is 1.81 bits per heavy atom. The summed E-state index contributed by atoms with van der Waals surface area (Å²) in [7, 11) is 1.62. The van der Waals surface area contributed by atoms with E-state index < -0.39 is 0 Å². The van der Waals surface area contributed by atoms with Gasteiger partial charge in [-0.05, 0) is 73.4 Å². The van der Waals surface area contributed by atoms with E-state index in [1.807, 2.05) is 55.5 Å². The molecule has 0 radical (unpaired) electrons. The summed E-state index contributed by atoms with van der Waals surface area (Å²) in [5, 5.41) is 7.45. The Morgan fingerprint density at radius 1 is 1.00 bits per heavy atom. The van der Waals surface area contributed by atoms with Crippen molar-refractivity contribution in [3.63, 3.8) is 0 Å². The largest absolute Gasteiger partial charge is 0.496 e. The number of para-hydroxylation sites is 1. The molecular weight excluding hydrogens is 464 g/mol. The molecule has 1 N–H and O–H groups in total. The van der Waals surface area contributed by atoms with E-state index in [-0.39, 0.29) is 18.0 Å². The smallest absolute Gasteiger partial charge is 0.267 e. The number of hydrogen-bond acceptors (Lipinski definition) is 5. The van der Waals surface area contributed by atoms with Gasteiger partial charge in [-0.25, -0.2) is 9.67 Å². The topological polar surface area (TPSA) is 85.6 Å². The van der Waals surface area contributed by atoms with Crippen LogP contribution in [0, 0.1) is 6.92 Å². The van der Waals surface area contributed by atoms with Gasteiger partial charge in [0, 0.05) is 17.2 Å². The van der Waals surface area contributed by atoms with Crippen LogP contribution >= 0.6 is 0 Å². The normalized spacial score (nSPS) is 11.3.